The van der Waals surface area contributed by atoms with Crippen LogP contribution in [0.4, 0.5) is 0 Å². The molecule has 17 heavy (non-hydrogen) atoms. The lowest BCUT2D eigenvalue weighted by Gasteiger charge is -2.26. The fraction of sp³-hybridized carbons (Fsp3) is 0.923. The van der Waals surface area contributed by atoms with Gasteiger partial charge in [-0.15, -0.1) is 0 Å². The van der Waals surface area contributed by atoms with Crippen molar-refractivity contribution in [2.24, 2.45) is 11.1 Å². The van der Waals surface area contributed by atoms with Crippen LogP contribution in [0.1, 0.15) is 45.4 Å². The van der Waals surface area contributed by atoms with Gasteiger partial charge in [0, 0.05) is 19.6 Å². The van der Waals surface area contributed by atoms with Crippen molar-refractivity contribution >= 4 is 5.91 Å². The van der Waals surface area contributed by atoms with Crippen molar-refractivity contribution in [2.75, 3.05) is 26.2 Å². The fourth-order valence-corrected chi connectivity index (χ4v) is 2.16. The molecule has 1 amide bonds. The Bertz CT molecular complexity index is 240. The summed E-state index contributed by atoms with van der Waals surface area (Å²) in [5.74, 6) is 0.158. The van der Waals surface area contributed by atoms with E-state index in [9.17, 15) is 4.79 Å². The molecule has 1 saturated carbocycles. The average Bonchev–Trinajstić information content (AvgIpc) is 3.13. The lowest BCUT2D eigenvalue weighted by Crippen LogP contribution is -2.42. The lowest BCUT2D eigenvalue weighted by molar-refractivity contribution is -0.137. The van der Waals surface area contributed by atoms with Gasteiger partial charge in [0.25, 0.3) is 0 Å². The summed E-state index contributed by atoms with van der Waals surface area (Å²) >= 11 is 0. The number of carbonyl (C=O) groups is 1. The van der Waals surface area contributed by atoms with Crippen molar-refractivity contribution in [3.63, 3.8) is 0 Å². The van der Waals surface area contributed by atoms with Gasteiger partial charge in [0.15, 0.2) is 0 Å². The summed E-state index contributed by atoms with van der Waals surface area (Å²) in [6.07, 6.45) is 6.42. The van der Waals surface area contributed by atoms with Gasteiger partial charge in [-0.25, -0.2) is 0 Å². The molecule has 1 fully saturated rings. The summed E-state index contributed by atoms with van der Waals surface area (Å²) in [6.45, 7) is 3.88. The molecule has 0 aromatic heterocycles. The molecule has 4 heteroatoms. The number of aliphatic hydroxyl groups is 1. The Hall–Kier alpha value is -0.610. The highest BCUT2D eigenvalue weighted by Gasteiger charge is 2.50. The molecule has 0 heterocycles. The number of unbranched alkanes of at least 4 members (excludes halogenated alkanes) is 3. The minimum atomic E-state index is -0.278. The number of nitrogens with two attached hydrogens (primary N) is 1. The maximum absolute atomic E-state index is 12.2. The number of hydrogen-bond acceptors (Lipinski definition) is 3. The first-order valence-corrected chi connectivity index (χ1v) is 6.80. The first kappa shape index (κ1) is 14.5. The molecule has 4 nitrogen and oxygen atoms in total. The second kappa shape index (κ2) is 6.97. The van der Waals surface area contributed by atoms with E-state index in [4.69, 9.17) is 10.8 Å². The minimum Gasteiger partial charge on any atom is -0.395 e. The van der Waals surface area contributed by atoms with E-state index in [0.717, 1.165) is 32.2 Å². The highest BCUT2D eigenvalue weighted by molar-refractivity contribution is 5.85. The van der Waals surface area contributed by atoms with E-state index >= 15 is 0 Å². The van der Waals surface area contributed by atoms with Gasteiger partial charge < -0.3 is 15.7 Å². The topological polar surface area (TPSA) is 66.6 Å². The van der Waals surface area contributed by atoms with Gasteiger partial charge in [-0.1, -0.05) is 26.2 Å². The zero-order chi connectivity index (χ0) is 12.7. The van der Waals surface area contributed by atoms with E-state index in [2.05, 4.69) is 6.92 Å². The molecule has 0 atom stereocenters. The third-order valence-electron chi connectivity index (χ3n) is 3.64. The maximum Gasteiger partial charge on any atom is 0.230 e. The van der Waals surface area contributed by atoms with Crippen LogP contribution < -0.4 is 5.73 Å². The van der Waals surface area contributed by atoms with Crippen molar-refractivity contribution in [1.82, 2.24) is 4.90 Å². The molecule has 1 aliphatic carbocycles. The summed E-state index contributed by atoms with van der Waals surface area (Å²) in [4.78, 5) is 14.0. The molecule has 0 spiro atoms. The SMILES string of the molecule is CCCCCCN(CCO)C(=O)C1(CN)CC1. The van der Waals surface area contributed by atoms with Crippen LogP contribution in [0.2, 0.25) is 0 Å². The molecule has 0 aromatic rings. The molecule has 0 radical (unpaired) electrons. The lowest BCUT2D eigenvalue weighted by atomic mass is 10.1. The molecule has 0 unspecified atom stereocenters. The van der Waals surface area contributed by atoms with E-state index in [0.29, 0.717) is 13.1 Å². The predicted molar refractivity (Wildman–Crippen MR) is 68.5 cm³/mol. The third-order valence-corrected chi connectivity index (χ3v) is 3.64. The van der Waals surface area contributed by atoms with Gasteiger partial charge in [0.2, 0.25) is 5.91 Å². The first-order chi connectivity index (χ1) is 8.20. The summed E-state index contributed by atoms with van der Waals surface area (Å²) in [7, 11) is 0. The second-order valence-corrected chi connectivity index (χ2v) is 5.06. The summed E-state index contributed by atoms with van der Waals surface area (Å²) in [5.41, 5.74) is 5.39. The van der Waals surface area contributed by atoms with Crippen LogP contribution in [-0.4, -0.2) is 42.2 Å². The number of aliphatic hydroxyl groups excluding tert-OH is 1. The van der Waals surface area contributed by atoms with Crippen molar-refractivity contribution in [3.05, 3.63) is 0 Å². The van der Waals surface area contributed by atoms with Crippen molar-refractivity contribution < 1.29 is 9.90 Å². The Morgan fingerprint density at radius 1 is 1.29 bits per heavy atom. The molecule has 0 saturated heterocycles. The standard InChI is InChI=1S/C13H26N2O2/c1-2-3-4-5-8-15(9-10-16)12(17)13(11-14)6-7-13/h16H,2-11,14H2,1H3. The monoisotopic (exact) mass is 242 g/mol. The van der Waals surface area contributed by atoms with E-state index in [1.807, 2.05) is 0 Å². The van der Waals surface area contributed by atoms with Crippen LogP contribution in [-0.2, 0) is 4.79 Å². The largest absolute Gasteiger partial charge is 0.395 e. The average molecular weight is 242 g/mol. The smallest absolute Gasteiger partial charge is 0.230 e. The molecule has 0 bridgehead atoms. The molecular weight excluding hydrogens is 216 g/mol. The molecule has 1 rings (SSSR count). The van der Waals surface area contributed by atoms with Gasteiger partial charge >= 0.3 is 0 Å². The minimum absolute atomic E-state index is 0.0418. The highest BCUT2D eigenvalue weighted by Crippen LogP contribution is 2.46. The number of rotatable bonds is 9. The zero-order valence-corrected chi connectivity index (χ0v) is 11.0. The van der Waals surface area contributed by atoms with Crippen LogP contribution in [0.3, 0.4) is 0 Å². The Morgan fingerprint density at radius 2 is 2.00 bits per heavy atom. The zero-order valence-electron chi connectivity index (χ0n) is 11.0. The third kappa shape index (κ3) is 3.96. The maximum atomic E-state index is 12.2. The van der Waals surface area contributed by atoms with Gasteiger partial charge in [-0.3, -0.25) is 4.79 Å². The predicted octanol–water partition coefficient (Wildman–Crippen LogP) is 1.13. The van der Waals surface area contributed by atoms with E-state index in [1.165, 1.54) is 12.8 Å². The molecule has 0 aromatic carbocycles. The number of hydrogen-bond donors (Lipinski definition) is 2. The van der Waals surface area contributed by atoms with Gasteiger partial charge in [-0.2, -0.15) is 0 Å². The van der Waals surface area contributed by atoms with Crippen LogP contribution in [0, 0.1) is 5.41 Å². The van der Waals surface area contributed by atoms with E-state index in [-0.39, 0.29) is 17.9 Å². The Labute approximate surface area is 104 Å². The normalized spacial score (nSPS) is 16.9. The number of nitrogens with zero attached hydrogens (tertiary/aromatic N) is 1. The first-order valence-electron chi connectivity index (χ1n) is 6.80. The Balaban J connectivity index is 2.39. The van der Waals surface area contributed by atoms with Crippen LogP contribution in [0.25, 0.3) is 0 Å². The quantitative estimate of drug-likeness (QED) is 0.596. The number of amides is 1. The van der Waals surface area contributed by atoms with Crippen molar-refractivity contribution in [1.29, 1.82) is 0 Å². The Kier molecular flexibility index (Phi) is 5.92. The van der Waals surface area contributed by atoms with Crippen LogP contribution >= 0.6 is 0 Å². The van der Waals surface area contributed by atoms with Gasteiger partial charge in [0.1, 0.15) is 0 Å². The van der Waals surface area contributed by atoms with Gasteiger partial charge in [-0.05, 0) is 19.3 Å². The van der Waals surface area contributed by atoms with Crippen LogP contribution in [0.15, 0.2) is 0 Å². The molecule has 1 aliphatic rings. The van der Waals surface area contributed by atoms with Gasteiger partial charge in [0.05, 0.1) is 12.0 Å². The van der Waals surface area contributed by atoms with E-state index in [1.54, 1.807) is 4.90 Å². The van der Waals surface area contributed by atoms with Crippen LogP contribution in [0.5, 0.6) is 0 Å². The van der Waals surface area contributed by atoms with Crippen molar-refractivity contribution in [3.8, 4) is 0 Å². The summed E-state index contributed by atoms with van der Waals surface area (Å²) in [5, 5.41) is 9.02. The molecule has 100 valence electrons. The summed E-state index contributed by atoms with van der Waals surface area (Å²) in [6, 6.07) is 0. The highest BCUT2D eigenvalue weighted by atomic mass is 16.3. The molecule has 3 N–H and O–H groups in total. The Morgan fingerprint density at radius 3 is 2.47 bits per heavy atom. The summed E-state index contributed by atoms with van der Waals surface area (Å²) < 4.78 is 0. The second-order valence-electron chi connectivity index (χ2n) is 5.06. The number of carbonyl (C=O) groups excluding carboxylic acids is 1. The fourth-order valence-electron chi connectivity index (χ4n) is 2.16. The van der Waals surface area contributed by atoms with Crippen molar-refractivity contribution in [2.45, 2.75) is 45.4 Å². The van der Waals surface area contributed by atoms with E-state index < -0.39 is 0 Å². The molecule has 0 aliphatic heterocycles. The molecular formula is C13H26N2O2.